The number of aromatic nitrogens is 4. The molecular weight excluding hydrogens is 442 g/mol. The molecule has 3 aromatic rings. The van der Waals surface area contributed by atoms with Crippen LogP contribution in [-0.4, -0.2) is 72.0 Å². The molecule has 182 valence electrons. The first-order chi connectivity index (χ1) is 16.1. The number of nitrogens with one attached hydrogen (secondary N) is 1. The molecule has 34 heavy (non-hydrogen) atoms. The van der Waals surface area contributed by atoms with E-state index < -0.39 is 29.0 Å². The van der Waals surface area contributed by atoms with E-state index in [9.17, 15) is 24.6 Å². The second-order valence-electron chi connectivity index (χ2n) is 9.04. The minimum Gasteiger partial charge on any atom is -0.391 e. The van der Waals surface area contributed by atoms with Crippen molar-refractivity contribution in [3.8, 4) is 0 Å². The Morgan fingerprint density at radius 1 is 1.29 bits per heavy atom. The van der Waals surface area contributed by atoms with Crippen LogP contribution in [0.4, 0.5) is 0 Å². The van der Waals surface area contributed by atoms with Crippen LogP contribution < -0.4 is 11.2 Å². The second-order valence-corrected chi connectivity index (χ2v) is 9.04. The van der Waals surface area contributed by atoms with E-state index in [-0.39, 0.29) is 38.6 Å². The highest BCUT2D eigenvalue weighted by molar-refractivity contribution is 5.81. The van der Waals surface area contributed by atoms with Crippen LogP contribution in [0.2, 0.25) is 0 Å². The Balaban J connectivity index is 1.69. The van der Waals surface area contributed by atoms with Crippen molar-refractivity contribution in [2.24, 2.45) is 0 Å². The molecule has 0 radical (unpaired) electrons. The van der Waals surface area contributed by atoms with Crippen LogP contribution in [0.1, 0.15) is 30.8 Å². The molecule has 1 aliphatic rings. The lowest BCUT2D eigenvalue weighted by Crippen LogP contribution is -2.48. The van der Waals surface area contributed by atoms with Crippen molar-refractivity contribution in [2.45, 2.75) is 51.2 Å². The number of hydrogen-bond donors (Lipinski definition) is 3. The zero-order valence-corrected chi connectivity index (χ0v) is 19.4. The first-order valence-electron chi connectivity index (χ1n) is 11.0. The molecule has 1 amide bonds. The second kappa shape index (κ2) is 9.16. The van der Waals surface area contributed by atoms with E-state index in [0.717, 1.165) is 11.0 Å². The van der Waals surface area contributed by atoms with Gasteiger partial charge in [-0.3, -0.25) is 19.1 Å². The number of aromatic amines is 1. The zero-order valence-electron chi connectivity index (χ0n) is 19.4. The topological polar surface area (TPSA) is 143 Å². The Kier molecular flexibility index (Phi) is 6.43. The Bertz CT molecular complexity index is 1320. The van der Waals surface area contributed by atoms with Crippen molar-refractivity contribution >= 4 is 16.9 Å². The molecule has 3 atom stereocenters. The summed E-state index contributed by atoms with van der Waals surface area (Å²) >= 11 is 0. The number of β-amino-alcohol motifs (C(OH)–C–C–N with tert-alkyl or cyclic N) is 1. The molecule has 0 saturated carbocycles. The van der Waals surface area contributed by atoms with E-state index >= 15 is 0 Å². The first-order valence-corrected chi connectivity index (χ1v) is 11.0. The number of aliphatic hydroxyl groups excluding tert-OH is 1. The number of nitrogens with zero attached hydrogens (tertiary/aromatic N) is 4. The Hall–Kier alpha value is -3.28. The van der Waals surface area contributed by atoms with Gasteiger partial charge in [-0.1, -0.05) is 12.1 Å². The molecule has 0 unspecified atom stereocenters. The number of benzene rings is 1. The lowest BCUT2D eigenvalue weighted by atomic mass is 9.91. The number of aliphatic hydroxyl groups is 2. The van der Waals surface area contributed by atoms with E-state index in [4.69, 9.17) is 4.74 Å². The molecule has 0 bridgehead atoms. The summed E-state index contributed by atoms with van der Waals surface area (Å²) in [4.78, 5) is 46.1. The molecule has 0 aliphatic carbocycles. The fourth-order valence-electron chi connectivity index (χ4n) is 4.60. The third-order valence-electron chi connectivity index (χ3n) is 6.33. The van der Waals surface area contributed by atoms with Crippen molar-refractivity contribution < 1.29 is 19.7 Å². The van der Waals surface area contributed by atoms with E-state index in [2.05, 4.69) is 9.97 Å². The number of rotatable bonds is 5. The summed E-state index contributed by atoms with van der Waals surface area (Å²) in [7, 11) is 1.55. The van der Waals surface area contributed by atoms with Crippen molar-refractivity contribution in [2.75, 3.05) is 20.2 Å². The highest BCUT2D eigenvalue weighted by Gasteiger charge is 2.42. The highest BCUT2D eigenvalue weighted by Crippen LogP contribution is 2.31. The van der Waals surface area contributed by atoms with Crippen LogP contribution in [0.25, 0.3) is 11.0 Å². The van der Waals surface area contributed by atoms with Crippen molar-refractivity contribution in [3.63, 3.8) is 0 Å². The third-order valence-corrected chi connectivity index (χ3v) is 6.33. The van der Waals surface area contributed by atoms with Crippen LogP contribution in [0.15, 0.2) is 40.1 Å². The third kappa shape index (κ3) is 4.54. The van der Waals surface area contributed by atoms with Crippen molar-refractivity contribution in [3.05, 3.63) is 62.7 Å². The summed E-state index contributed by atoms with van der Waals surface area (Å²) in [5, 5.41) is 21.7. The monoisotopic (exact) mass is 471 g/mol. The number of para-hydroxylation sites is 2. The number of fused-ring (bicyclic) bond motifs is 1. The molecule has 1 aliphatic heterocycles. The predicted molar refractivity (Wildman–Crippen MR) is 123 cm³/mol. The molecule has 1 saturated heterocycles. The average Bonchev–Trinajstić information content (AvgIpc) is 3.04. The molecule has 1 fully saturated rings. The number of likely N-dealkylation sites (tertiary alicyclic amines) is 1. The first kappa shape index (κ1) is 23.9. The normalized spacial score (nSPS) is 23.3. The zero-order chi connectivity index (χ0) is 24.6. The van der Waals surface area contributed by atoms with Crippen LogP contribution >= 0.6 is 0 Å². The van der Waals surface area contributed by atoms with Gasteiger partial charge in [-0.2, -0.15) is 0 Å². The minimum absolute atomic E-state index is 0.00515. The van der Waals surface area contributed by atoms with Gasteiger partial charge in [-0.25, -0.2) is 9.78 Å². The van der Waals surface area contributed by atoms with Gasteiger partial charge < -0.3 is 24.4 Å². The smallest absolute Gasteiger partial charge is 0.328 e. The van der Waals surface area contributed by atoms with E-state index in [0.29, 0.717) is 11.4 Å². The van der Waals surface area contributed by atoms with Crippen LogP contribution in [0.5, 0.6) is 0 Å². The van der Waals surface area contributed by atoms with Crippen LogP contribution in [0.3, 0.4) is 0 Å². The number of H-pyrrole nitrogens is 1. The lowest BCUT2D eigenvalue weighted by molar-refractivity contribution is -0.133. The molecule has 3 heterocycles. The number of hydrogen-bond acceptors (Lipinski definition) is 7. The number of aryl methyl sites for hydroxylation is 1. The summed E-state index contributed by atoms with van der Waals surface area (Å²) in [6, 6.07) is 6.55. The maximum absolute atomic E-state index is 13.5. The molecule has 3 N–H and O–H groups in total. The molecule has 1 aromatic carbocycles. The highest BCUT2D eigenvalue weighted by atomic mass is 16.5. The molecule has 11 heteroatoms. The SMILES string of the molecule is COCc1nc2ccccc2n1CC(=O)N1C[C@H](O)C[C@](C)(O)[C@@H](n2cc(C)c(=O)[nH]c2=O)C1. The van der Waals surface area contributed by atoms with E-state index in [1.54, 1.807) is 18.6 Å². The fraction of sp³-hybridized carbons (Fsp3) is 0.478. The molecular formula is C23H29N5O6. The van der Waals surface area contributed by atoms with E-state index in [1.807, 2.05) is 24.3 Å². The largest absolute Gasteiger partial charge is 0.391 e. The Labute approximate surface area is 195 Å². The molecule has 2 aromatic heterocycles. The summed E-state index contributed by atoms with van der Waals surface area (Å²) in [6.07, 6.45) is 0.330. The fourth-order valence-corrected chi connectivity index (χ4v) is 4.60. The van der Waals surface area contributed by atoms with Crippen molar-refractivity contribution in [1.82, 2.24) is 24.0 Å². The summed E-state index contributed by atoms with van der Waals surface area (Å²) in [6.45, 7) is 3.20. The lowest BCUT2D eigenvalue weighted by Gasteiger charge is -2.34. The van der Waals surface area contributed by atoms with Gasteiger partial charge in [0.25, 0.3) is 5.56 Å². The number of imidazole rings is 1. The maximum Gasteiger partial charge on any atom is 0.328 e. The van der Waals surface area contributed by atoms with Gasteiger partial charge in [0.1, 0.15) is 19.0 Å². The summed E-state index contributed by atoms with van der Waals surface area (Å²) < 4.78 is 8.25. The maximum atomic E-state index is 13.5. The van der Waals surface area contributed by atoms with Gasteiger partial charge in [-0.15, -0.1) is 0 Å². The van der Waals surface area contributed by atoms with E-state index in [1.165, 1.54) is 22.6 Å². The molecule has 4 rings (SSSR count). The Morgan fingerprint density at radius 2 is 2.03 bits per heavy atom. The average molecular weight is 472 g/mol. The Morgan fingerprint density at radius 3 is 2.76 bits per heavy atom. The number of carbonyl (C=O) groups is 1. The van der Waals surface area contributed by atoms with Gasteiger partial charge in [-0.05, 0) is 26.0 Å². The molecule has 11 nitrogen and oxygen atoms in total. The molecule has 0 spiro atoms. The minimum atomic E-state index is -1.51. The number of ether oxygens (including phenoxy) is 1. The quantitative estimate of drug-likeness (QED) is 0.473. The number of carbonyl (C=O) groups excluding carboxylic acids is 1. The van der Waals surface area contributed by atoms with Gasteiger partial charge in [0.05, 0.1) is 28.8 Å². The van der Waals surface area contributed by atoms with Gasteiger partial charge in [0.2, 0.25) is 5.91 Å². The van der Waals surface area contributed by atoms with Gasteiger partial charge in [0, 0.05) is 38.4 Å². The number of methoxy groups -OCH3 is 1. The van der Waals surface area contributed by atoms with Crippen molar-refractivity contribution in [1.29, 1.82) is 0 Å². The summed E-state index contributed by atoms with van der Waals surface area (Å²) in [5.41, 5.74) is -0.908. The van der Waals surface area contributed by atoms with Gasteiger partial charge >= 0.3 is 5.69 Å². The van der Waals surface area contributed by atoms with Crippen LogP contribution in [-0.2, 0) is 22.7 Å². The van der Waals surface area contributed by atoms with Gasteiger partial charge in [0.15, 0.2) is 0 Å². The summed E-state index contributed by atoms with van der Waals surface area (Å²) in [5.74, 6) is 0.278. The number of amides is 1. The predicted octanol–water partition coefficient (Wildman–Crippen LogP) is -0.0734. The standard InChI is InChI=1S/C23H29N5O6/c1-14-9-28(22(32)25-21(14)31)18-11-26(10-15(29)8-23(18,2)33)20(30)12-27-17-7-5-4-6-16(17)24-19(27)13-34-3/h4-7,9,15,18,29,33H,8,10-13H2,1-3H3,(H,25,31,32)/t15-,18+,23+/m1/s1. The van der Waals surface area contributed by atoms with Crippen LogP contribution in [0, 0.1) is 6.92 Å².